The van der Waals surface area contributed by atoms with Crippen LogP contribution in [-0.4, -0.2) is 12.6 Å². The summed E-state index contributed by atoms with van der Waals surface area (Å²) in [4.78, 5) is 12.4. The molecule has 0 aliphatic carbocycles. The third-order valence-corrected chi connectivity index (χ3v) is 4.46. The Morgan fingerprint density at radius 3 is 2.10 bits per heavy atom. The van der Waals surface area contributed by atoms with Gasteiger partial charge in [0.05, 0.1) is 11.5 Å². The lowest BCUT2D eigenvalue weighted by atomic mass is 9.70. The molecule has 0 radical (unpaired) electrons. The molecule has 2 N–H and O–H groups in total. The van der Waals surface area contributed by atoms with Crippen molar-refractivity contribution in [3.05, 3.63) is 35.9 Å². The van der Waals surface area contributed by atoms with Gasteiger partial charge >= 0.3 is 5.97 Å². The van der Waals surface area contributed by atoms with E-state index in [0.717, 1.165) is 5.56 Å². The number of esters is 1. The Hall–Kier alpha value is -1.35. The molecule has 0 saturated carbocycles. The van der Waals surface area contributed by atoms with Gasteiger partial charge in [-0.05, 0) is 24.3 Å². The van der Waals surface area contributed by atoms with Crippen molar-refractivity contribution in [2.24, 2.45) is 23.0 Å². The van der Waals surface area contributed by atoms with E-state index in [4.69, 9.17) is 10.5 Å². The maximum atomic E-state index is 12.4. The van der Waals surface area contributed by atoms with Crippen molar-refractivity contribution in [2.75, 3.05) is 6.61 Å². The van der Waals surface area contributed by atoms with Crippen LogP contribution >= 0.6 is 0 Å². The molecular weight excluding hydrogens is 250 g/mol. The molecule has 3 heteroatoms. The van der Waals surface area contributed by atoms with Crippen molar-refractivity contribution in [3.8, 4) is 0 Å². The molecule has 0 amide bonds. The summed E-state index contributed by atoms with van der Waals surface area (Å²) in [7, 11) is 0. The van der Waals surface area contributed by atoms with Gasteiger partial charge in [0.2, 0.25) is 0 Å². The fourth-order valence-corrected chi connectivity index (χ4v) is 2.26. The standard InChI is InChI=1S/C17H27NO2/c1-12(2)17(5,13(3)4)16(19)20-11-15(18)14-9-7-6-8-10-14/h6-10,12-13,15H,11,18H2,1-5H3/t15-/m1/s1. The lowest BCUT2D eigenvalue weighted by Crippen LogP contribution is -2.40. The minimum atomic E-state index is -0.476. The Morgan fingerprint density at radius 2 is 1.65 bits per heavy atom. The molecule has 0 saturated heterocycles. The quantitative estimate of drug-likeness (QED) is 0.809. The Labute approximate surface area is 122 Å². The van der Waals surface area contributed by atoms with E-state index in [1.165, 1.54) is 0 Å². The summed E-state index contributed by atoms with van der Waals surface area (Å²) in [6, 6.07) is 9.43. The summed E-state index contributed by atoms with van der Waals surface area (Å²) >= 11 is 0. The van der Waals surface area contributed by atoms with Crippen LogP contribution < -0.4 is 5.73 Å². The van der Waals surface area contributed by atoms with E-state index in [1.54, 1.807) is 0 Å². The maximum Gasteiger partial charge on any atom is 0.312 e. The SMILES string of the molecule is CC(C)C(C)(C(=O)OC[C@@H](N)c1ccccc1)C(C)C. The minimum Gasteiger partial charge on any atom is -0.463 e. The maximum absolute atomic E-state index is 12.4. The summed E-state index contributed by atoms with van der Waals surface area (Å²) < 4.78 is 5.48. The van der Waals surface area contributed by atoms with Crippen LogP contribution in [0.15, 0.2) is 30.3 Å². The smallest absolute Gasteiger partial charge is 0.312 e. The van der Waals surface area contributed by atoms with Gasteiger partial charge in [-0.3, -0.25) is 4.79 Å². The zero-order chi connectivity index (χ0) is 15.3. The van der Waals surface area contributed by atoms with Crippen LogP contribution in [0.1, 0.15) is 46.2 Å². The van der Waals surface area contributed by atoms with Crippen molar-refractivity contribution >= 4 is 5.97 Å². The van der Waals surface area contributed by atoms with Gasteiger partial charge in [0.1, 0.15) is 6.61 Å². The van der Waals surface area contributed by atoms with E-state index in [-0.39, 0.29) is 30.5 Å². The highest BCUT2D eigenvalue weighted by Gasteiger charge is 2.41. The number of carbonyl (C=O) groups is 1. The Morgan fingerprint density at radius 1 is 1.15 bits per heavy atom. The topological polar surface area (TPSA) is 52.3 Å². The van der Waals surface area contributed by atoms with Gasteiger partial charge in [0.15, 0.2) is 0 Å². The molecule has 20 heavy (non-hydrogen) atoms. The van der Waals surface area contributed by atoms with Gasteiger partial charge in [-0.15, -0.1) is 0 Å². The van der Waals surface area contributed by atoms with E-state index in [2.05, 4.69) is 27.7 Å². The number of rotatable bonds is 6. The van der Waals surface area contributed by atoms with Gasteiger partial charge in [0, 0.05) is 0 Å². The second-order valence-corrected chi connectivity index (χ2v) is 6.21. The third-order valence-electron chi connectivity index (χ3n) is 4.46. The Balaban J connectivity index is 2.67. The van der Waals surface area contributed by atoms with E-state index in [0.29, 0.717) is 0 Å². The summed E-state index contributed by atoms with van der Waals surface area (Å²) in [5, 5.41) is 0. The van der Waals surface area contributed by atoms with E-state index in [1.807, 2.05) is 37.3 Å². The number of hydrogen-bond donors (Lipinski definition) is 1. The second-order valence-electron chi connectivity index (χ2n) is 6.21. The molecular formula is C17H27NO2. The molecule has 0 heterocycles. The van der Waals surface area contributed by atoms with Crippen LogP contribution in [-0.2, 0) is 9.53 Å². The first kappa shape index (κ1) is 16.7. The summed E-state index contributed by atoms with van der Waals surface area (Å²) in [6.45, 7) is 10.4. The molecule has 1 aromatic rings. The molecule has 0 spiro atoms. The monoisotopic (exact) mass is 277 g/mol. The fraction of sp³-hybridized carbons (Fsp3) is 0.588. The molecule has 1 aromatic carbocycles. The van der Waals surface area contributed by atoms with Gasteiger partial charge in [0.25, 0.3) is 0 Å². The van der Waals surface area contributed by atoms with Crippen molar-refractivity contribution < 1.29 is 9.53 Å². The summed E-state index contributed by atoms with van der Waals surface area (Å²) in [5.74, 6) is 0.291. The number of nitrogens with two attached hydrogens (primary N) is 1. The third kappa shape index (κ3) is 3.60. The van der Waals surface area contributed by atoms with Crippen LogP contribution in [0.25, 0.3) is 0 Å². The zero-order valence-corrected chi connectivity index (χ0v) is 13.2. The first-order chi connectivity index (χ1) is 9.30. The lowest BCUT2D eigenvalue weighted by Gasteiger charge is -2.35. The van der Waals surface area contributed by atoms with Crippen molar-refractivity contribution in [2.45, 2.75) is 40.7 Å². The average Bonchev–Trinajstić information content (AvgIpc) is 2.43. The largest absolute Gasteiger partial charge is 0.463 e. The first-order valence-electron chi connectivity index (χ1n) is 7.27. The number of ether oxygens (including phenoxy) is 1. The first-order valence-corrected chi connectivity index (χ1v) is 7.27. The molecule has 112 valence electrons. The predicted octanol–water partition coefficient (Wildman–Crippen LogP) is 3.55. The minimum absolute atomic E-state index is 0.158. The van der Waals surface area contributed by atoms with Crippen molar-refractivity contribution in [3.63, 3.8) is 0 Å². The predicted molar refractivity (Wildman–Crippen MR) is 82.1 cm³/mol. The molecule has 3 nitrogen and oxygen atoms in total. The van der Waals surface area contributed by atoms with Crippen LogP contribution in [0.3, 0.4) is 0 Å². The molecule has 0 aliphatic heterocycles. The molecule has 0 fully saturated rings. The molecule has 0 aromatic heterocycles. The van der Waals surface area contributed by atoms with E-state index >= 15 is 0 Å². The highest BCUT2D eigenvalue weighted by atomic mass is 16.5. The molecule has 1 rings (SSSR count). The highest BCUT2D eigenvalue weighted by molar-refractivity contribution is 5.77. The van der Waals surface area contributed by atoms with E-state index < -0.39 is 5.41 Å². The molecule has 1 atom stereocenters. The summed E-state index contributed by atoms with van der Waals surface area (Å²) in [5.41, 5.74) is 6.57. The van der Waals surface area contributed by atoms with E-state index in [9.17, 15) is 4.79 Å². The lowest BCUT2D eigenvalue weighted by molar-refractivity contribution is -0.161. The fourth-order valence-electron chi connectivity index (χ4n) is 2.26. The van der Waals surface area contributed by atoms with Crippen LogP contribution in [0.4, 0.5) is 0 Å². The molecule has 0 aliphatic rings. The van der Waals surface area contributed by atoms with Gasteiger partial charge in [-0.1, -0.05) is 58.0 Å². The van der Waals surface area contributed by atoms with Gasteiger partial charge in [-0.25, -0.2) is 0 Å². The Bertz CT molecular complexity index is 418. The van der Waals surface area contributed by atoms with Crippen LogP contribution in [0.5, 0.6) is 0 Å². The van der Waals surface area contributed by atoms with Gasteiger partial charge in [-0.2, -0.15) is 0 Å². The summed E-state index contributed by atoms with van der Waals surface area (Å²) in [6.07, 6.45) is 0. The van der Waals surface area contributed by atoms with Crippen molar-refractivity contribution in [1.82, 2.24) is 0 Å². The molecule has 0 bridgehead atoms. The number of carbonyl (C=O) groups excluding carboxylic acids is 1. The molecule has 0 unspecified atom stereocenters. The van der Waals surface area contributed by atoms with Crippen LogP contribution in [0.2, 0.25) is 0 Å². The van der Waals surface area contributed by atoms with Gasteiger partial charge < -0.3 is 10.5 Å². The highest BCUT2D eigenvalue weighted by Crippen LogP contribution is 2.36. The number of hydrogen-bond acceptors (Lipinski definition) is 3. The number of benzene rings is 1. The average molecular weight is 277 g/mol. The Kier molecular flexibility index (Phi) is 5.75. The zero-order valence-electron chi connectivity index (χ0n) is 13.2. The second kappa shape index (κ2) is 6.89. The van der Waals surface area contributed by atoms with Crippen LogP contribution in [0, 0.1) is 17.3 Å². The van der Waals surface area contributed by atoms with Crippen molar-refractivity contribution in [1.29, 1.82) is 0 Å². The normalized spacial score (nSPS) is 13.6.